The van der Waals surface area contributed by atoms with Crippen molar-refractivity contribution in [2.75, 3.05) is 32.8 Å². The van der Waals surface area contributed by atoms with Crippen LogP contribution < -0.4 is 10.1 Å². The molecule has 1 aliphatic rings. The first kappa shape index (κ1) is 22.3. The van der Waals surface area contributed by atoms with E-state index in [0.29, 0.717) is 18.1 Å². The van der Waals surface area contributed by atoms with Crippen molar-refractivity contribution >= 4 is 24.8 Å². The van der Waals surface area contributed by atoms with Gasteiger partial charge in [-0.05, 0) is 19.4 Å². The summed E-state index contributed by atoms with van der Waals surface area (Å²) in [6.07, 6.45) is 3.43. The summed E-state index contributed by atoms with van der Waals surface area (Å²) in [4.78, 5) is 2.48. The van der Waals surface area contributed by atoms with Crippen LogP contribution in [0.3, 0.4) is 0 Å². The van der Waals surface area contributed by atoms with Crippen LogP contribution in [-0.2, 0) is 0 Å². The molecule has 1 saturated heterocycles. The van der Waals surface area contributed by atoms with Crippen molar-refractivity contribution in [3.63, 3.8) is 0 Å². The van der Waals surface area contributed by atoms with Gasteiger partial charge in [0, 0.05) is 37.8 Å². The Morgan fingerprint density at radius 3 is 2.52 bits per heavy atom. The lowest BCUT2D eigenvalue weighted by atomic mass is 9.97. The molecule has 1 aliphatic heterocycles. The van der Waals surface area contributed by atoms with Gasteiger partial charge in [-0.25, -0.2) is 0 Å². The standard InChI is InChI=1S/C17H28N2O2.2ClH/c1-3-5-8-15(19-12-10-18-11-13-19)14-7-6-9-16(17(14)20)21-4-2;;/h6-7,9,15,18,20H,3-5,8,10-13H2,1-2H3;2*1H/t15-;;/m0../s1. The summed E-state index contributed by atoms with van der Waals surface area (Å²) in [7, 11) is 0. The summed E-state index contributed by atoms with van der Waals surface area (Å²) in [6.45, 7) is 8.84. The number of benzene rings is 1. The van der Waals surface area contributed by atoms with Gasteiger partial charge in [-0.2, -0.15) is 0 Å². The number of nitrogens with zero attached hydrogens (tertiary/aromatic N) is 1. The number of piperazine rings is 1. The summed E-state index contributed by atoms with van der Waals surface area (Å²) < 4.78 is 5.54. The number of phenolic OH excluding ortho intramolecular Hbond substituents is 1. The van der Waals surface area contributed by atoms with Crippen LogP contribution in [0.25, 0.3) is 0 Å². The van der Waals surface area contributed by atoms with Gasteiger partial charge in [0.05, 0.1) is 6.61 Å². The third-order valence-electron chi connectivity index (χ3n) is 4.11. The van der Waals surface area contributed by atoms with E-state index in [1.165, 1.54) is 12.8 Å². The average Bonchev–Trinajstić information content (AvgIpc) is 2.52. The Labute approximate surface area is 152 Å². The van der Waals surface area contributed by atoms with Crippen LogP contribution in [0.1, 0.15) is 44.7 Å². The largest absolute Gasteiger partial charge is 0.504 e. The van der Waals surface area contributed by atoms with Crippen molar-refractivity contribution in [2.24, 2.45) is 0 Å². The van der Waals surface area contributed by atoms with Crippen molar-refractivity contribution in [3.8, 4) is 11.5 Å². The molecule has 0 bridgehead atoms. The predicted molar refractivity (Wildman–Crippen MR) is 100 cm³/mol. The highest BCUT2D eigenvalue weighted by Crippen LogP contribution is 2.38. The SMILES string of the molecule is CCCC[C@@H](c1cccc(OCC)c1O)N1CCNCC1.Cl.Cl. The molecular formula is C17H30Cl2N2O2. The van der Waals surface area contributed by atoms with Gasteiger partial charge in [0.15, 0.2) is 11.5 Å². The normalized spacial score (nSPS) is 16.1. The Bertz CT molecular complexity index is 441. The van der Waals surface area contributed by atoms with Crippen molar-refractivity contribution in [2.45, 2.75) is 39.2 Å². The number of halogens is 2. The van der Waals surface area contributed by atoms with E-state index < -0.39 is 0 Å². The van der Waals surface area contributed by atoms with Gasteiger partial charge in [-0.1, -0.05) is 31.9 Å². The molecule has 1 fully saturated rings. The van der Waals surface area contributed by atoms with E-state index >= 15 is 0 Å². The molecule has 0 aliphatic carbocycles. The molecule has 23 heavy (non-hydrogen) atoms. The fourth-order valence-corrected chi connectivity index (χ4v) is 3.01. The number of para-hydroxylation sites is 1. The molecule has 0 spiro atoms. The molecule has 1 aromatic carbocycles. The highest BCUT2D eigenvalue weighted by atomic mass is 35.5. The minimum Gasteiger partial charge on any atom is -0.504 e. The van der Waals surface area contributed by atoms with Gasteiger partial charge >= 0.3 is 0 Å². The number of hydrogen-bond acceptors (Lipinski definition) is 4. The van der Waals surface area contributed by atoms with Gasteiger partial charge in [0.2, 0.25) is 0 Å². The second-order valence-corrected chi connectivity index (χ2v) is 5.57. The molecule has 134 valence electrons. The minimum absolute atomic E-state index is 0. The maximum Gasteiger partial charge on any atom is 0.162 e. The quantitative estimate of drug-likeness (QED) is 0.772. The zero-order chi connectivity index (χ0) is 15.1. The van der Waals surface area contributed by atoms with Gasteiger partial charge in [-0.3, -0.25) is 4.90 Å². The number of hydrogen-bond donors (Lipinski definition) is 2. The van der Waals surface area contributed by atoms with Crippen LogP contribution in [0.4, 0.5) is 0 Å². The molecule has 0 aromatic heterocycles. The second kappa shape index (κ2) is 11.8. The third-order valence-corrected chi connectivity index (χ3v) is 4.11. The molecule has 0 amide bonds. The van der Waals surface area contributed by atoms with E-state index in [9.17, 15) is 5.11 Å². The molecule has 2 rings (SSSR count). The van der Waals surface area contributed by atoms with Crippen LogP contribution in [0.5, 0.6) is 11.5 Å². The summed E-state index contributed by atoms with van der Waals surface area (Å²) in [6, 6.07) is 6.16. The Morgan fingerprint density at radius 1 is 1.22 bits per heavy atom. The fourth-order valence-electron chi connectivity index (χ4n) is 3.01. The van der Waals surface area contributed by atoms with E-state index in [1.54, 1.807) is 0 Å². The van der Waals surface area contributed by atoms with Crippen LogP contribution in [0, 0.1) is 0 Å². The highest BCUT2D eigenvalue weighted by molar-refractivity contribution is 5.85. The molecule has 2 N–H and O–H groups in total. The zero-order valence-electron chi connectivity index (χ0n) is 14.1. The molecule has 0 unspecified atom stereocenters. The Balaban J connectivity index is 0.00000242. The summed E-state index contributed by atoms with van der Waals surface area (Å²) in [5.41, 5.74) is 1.01. The third kappa shape index (κ3) is 6.03. The van der Waals surface area contributed by atoms with Crippen LogP contribution >= 0.6 is 24.8 Å². The molecule has 0 radical (unpaired) electrons. The Hall–Kier alpha value is -0.680. The molecule has 1 atom stereocenters. The van der Waals surface area contributed by atoms with E-state index in [-0.39, 0.29) is 30.9 Å². The maximum atomic E-state index is 10.6. The maximum absolute atomic E-state index is 10.6. The van der Waals surface area contributed by atoms with Crippen molar-refractivity contribution in [3.05, 3.63) is 23.8 Å². The van der Waals surface area contributed by atoms with Gasteiger partial charge in [0.1, 0.15) is 0 Å². The second-order valence-electron chi connectivity index (χ2n) is 5.57. The van der Waals surface area contributed by atoms with Gasteiger partial charge < -0.3 is 15.2 Å². The Kier molecular flexibility index (Phi) is 11.4. The number of unbranched alkanes of at least 4 members (excludes halogenated alkanes) is 1. The van der Waals surface area contributed by atoms with Crippen LogP contribution in [0.2, 0.25) is 0 Å². The van der Waals surface area contributed by atoms with Crippen LogP contribution in [-0.4, -0.2) is 42.8 Å². The minimum atomic E-state index is 0. The first-order chi connectivity index (χ1) is 10.3. The molecular weight excluding hydrogens is 335 g/mol. The lowest BCUT2D eigenvalue weighted by Gasteiger charge is -2.35. The first-order valence-corrected chi connectivity index (χ1v) is 8.17. The average molecular weight is 365 g/mol. The zero-order valence-corrected chi connectivity index (χ0v) is 15.7. The number of phenols is 1. The first-order valence-electron chi connectivity index (χ1n) is 8.17. The summed E-state index contributed by atoms with van der Waals surface area (Å²) >= 11 is 0. The number of rotatable bonds is 7. The van der Waals surface area contributed by atoms with Crippen LogP contribution in [0.15, 0.2) is 18.2 Å². The molecule has 6 heteroatoms. The van der Waals surface area contributed by atoms with E-state index in [4.69, 9.17) is 4.74 Å². The fraction of sp³-hybridized carbons (Fsp3) is 0.647. The van der Waals surface area contributed by atoms with E-state index in [1.807, 2.05) is 25.1 Å². The molecule has 1 heterocycles. The number of aromatic hydroxyl groups is 1. The van der Waals surface area contributed by atoms with Gasteiger partial charge in [0.25, 0.3) is 0 Å². The lowest BCUT2D eigenvalue weighted by Crippen LogP contribution is -2.45. The summed E-state index contributed by atoms with van der Waals surface area (Å²) in [5, 5.41) is 13.9. The number of ether oxygens (including phenoxy) is 1. The molecule has 0 saturated carbocycles. The monoisotopic (exact) mass is 364 g/mol. The summed E-state index contributed by atoms with van der Waals surface area (Å²) in [5.74, 6) is 0.922. The topological polar surface area (TPSA) is 44.7 Å². The van der Waals surface area contributed by atoms with Crippen molar-refractivity contribution < 1.29 is 9.84 Å². The Morgan fingerprint density at radius 2 is 1.91 bits per heavy atom. The predicted octanol–water partition coefficient (Wildman–Crippen LogP) is 3.77. The molecule has 1 aromatic rings. The van der Waals surface area contributed by atoms with Crippen molar-refractivity contribution in [1.82, 2.24) is 10.2 Å². The van der Waals surface area contributed by atoms with E-state index in [0.717, 1.165) is 38.2 Å². The highest BCUT2D eigenvalue weighted by Gasteiger charge is 2.25. The smallest absolute Gasteiger partial charge is 0.162 e. The molecule has 4 nitrogen and oxygen atoms in total. The van der Waals surface area contributed by atoms with E-state index in [2.05, 4.69) is 17.1 Å². The number of nitrogens with one attached hydrogen (secondary N) is 1. The lowest BCUT2D eigenvalue weighted by molar-refractivity contribution is 0.160. The van der Waals surface area contributed by atoms with Crippen molar-refractivity contribution in [1.29, 1.82) is 0 Å². The van der Waals surface area contributed by atoms with Gasteiger partial charge in [-0.15, -0.1) is 24.8 Å².